The maximum absolute atomic E-state index is 12.3. The minimum Gasteiger partial charge on any atom is -0.325 e. The van der Waals surface area contributed by atoms with Crippen molar-refractivity contribution in [1.82, 2.24) is 9.97 Å². The molecule has 1 aromatic carbocycles. The topological polar surface area (TPSA) is 74.8 Å². The zero-order valence-electron chi connectivity index (χ0n) is 12.9. The van der Waals surface area contributed by atoms with Crippen LogP contribution in [0.4, 0.5) is 14.5 Å². The lowest BCUT2D eigenvalue weighted by atomic mass is 10.1. The molecule has 0 aliphatic carbocycles. The van der Waals surface area contributed by atoms with Crippen LogP contribution in [-0.4, -0.2) is 21.6 Å². The minimum atomic E-state index is -2.68. The molecule has 1 amide bonds. The van der Waals surface area contributed by atoms with Crippen LogP contribution in [-0.2, 0) is 11.2 Å². The maximum atomic E-state index is 12.3. The van der Waals surface area contributed by atoms with Gasteiger partial charge in [-0.3, -0.25) is 9.59 Å². The van der Waals surface area contributed by atoms with Gasteiger partial charge in [0.1, 0.15) is 0 Å². The Balaban J connectivity index is 2.03. The molecule has 0 aliphatic rings. The van der Waals surface area contributed by atoms with Crippen molar-refractivity contribution in [2.24, 2.45) is 0 Å². The zero-order valence-corrected chi connectivity index (χ0v) is 15.2. The molecule has 0 saturated carbocycles. The van der Waals surface area contributed by atoms with Gasteiger partial charge in [-0.05, 0) is 43.3 Å². The molecule has 0 spiro atoms. The van der Waals surface area contributed by atoms with Crippen LogP contribution in [0, 0.1) is 6.92 Å². The van der Waals surface area contributed by atoms with E-state index in [0.717, 1.165) is 0 Å². The summed E-state index contributed by atoms with van der Waals surface area (Å²) in [5.74, 6) is -3.03. The van der Waals surface area contributed by atoms with Gasteiger partial charge in [-0.1, -0.05) is 23.2 Å². The van der Waals surface area contributed by atoms with Gasteiger partial charge in [0, 0.05) is 22.7 Å². The highest BCUT2D eigenvalue weighted by atomic mass is 35.5. The molecule has 0 fully saturated rings. The van der Waals surface area contributed by atoms with E-state index in [4.69, 9.17) is 23.2 Å². The van der Waals surface area contributed by atoms with Gasteiger partial charge < -0.3 is 10.3 Å². The number of carbonyl (C=O) groups excluding carboxylic acids is 1. The molecule has 0 unspecified atom stereocenters. The van der Waals surface area contributed by atoms with Crippen LogP contribution in [0.5, 0.6) is 0 Å². The number of hydrogen-bond acceptors (Lipinski definition) is 4. The first kappa shape index (κ1) is 19.7. The fourth-order valence-electron chi connectivity index (χ4n) is 2.06. The summed E-state index contributed by atoms with van der Waals surface area (Å²) in [5.41, 5.74) is 0.455. The first-order valence-corrected chi connectivity index (χ1v) is 8.69. The summed E-state index contributed by atoms with van der Waals surface area (Å²) in [6.45, 7) is 1.54. The van der Waals surface area contributed by atoms with Crippen LogP contribution in [0.15, 0.2) is 28.2 Å². The molecular formula is C15H13Cl2F2N3O2S. The fourth-order valence-corrected chi connectivity index (χ4v) is 3.03. The van der Waals surface area contributed by atoms with Crippen molar-refractivity contribution in [2.45, 2.75) is 30.7 Å². The smallest absolute Gasteiger partial charge is 0.291 e. The quantitative estimate of drug-likeness (QED) is 0.553. The fraction of sp³-hybridized carbons (Fsp3) is 0.267. The summed E-state index contributed by atoms with van der Waals surface area (Å²) in [4.78, 5) is 30.2. The summed E-state index contributed by atoms with van der Waals surface area (Å²) in [5, 5.41) is 3.20. The molecule has 2 rings (SSSR count). The molecule has 0 radical (unpaired) electrons. The number of carbonyl (C=O) groups is 1. The third-order valence-corrected chi connectivity index (χ3v) is 4.35. The second-order valence-corrected chi connectivity index (χ2v) is 6.81. The standard InChI is InChI=1S/C15H13Cl2F2N3O2S/c1-7-9(13(24)22-15(20-7)25-14(18)19)3-5-12(23)21-11-4-2-8(16)6-10(11)17/h2,4,6,14H,3,5H2,1H3,(H,21,23)(H,20,22,24). The number of benzene rings is 1. The molecule has 1 aromatic heterocycles. The number of hydrogen-bond donors (Lipinski definition) is 2. The number of aromatic amines is 1. The van der Waals surface area contributed by atoms with E-state index < -0.39 is 11.3 Å². The Morgan fingerprint density at radius 3 is 2.72 bits per heavy atom. The normalized spacial score (nSPS) is 11.0. The minimum absolute atomic E-state index is 0.00585. The van der Waals surface area contributed by atoms with Gasteiger partial charge in [0.05, 0.1) is 10.7 Å². The average molecular weight is 408 g/mol. The van der Waals surface area contributed by atoms with Crippen LogP contribution in [0.25, 0.3) is 0 Å². The van der Waals surface area contributed by atoms with Crippen LogP contribution >= 0.6 is 35.0 Å². The number of H-pyrrole nitrogens is 1. The Bertz CT molecular complexity index is 846. The predicted octanol–water partition coefficient (Wildman–Crippen LogP) is 4.27. The van der Waals surface area contributed by atoms with E-state index in [1.165, 1.54) is 13.0 Å². The third-order valence-electron chi connectivity index (χ3n) is 3.21. The summed E-state index contributed by atoms with van der Waals surface area (Å²) in [6, 6.07) is 4.65. The monoisotopic (exact) mass is 407 g/mol. The molecule has 2 N–H and O–H groups in total. The molecule has 10 heteroatoms. The molecule has 0 saturated heterocycles. The van der Waals surface area contributed by atoms with E-state index in [0.29, 0.717) is 21.4 Å². The van der Waals surface area contributed by atoms with Gasteiger partial charge in [-0.15, -0.1) is 0 Å². The van der Waals surface area contributed by atoms with Crippen LogP contribution in [0.3, 0.4) is 0 Å². The van der Waals surface area contributed by atoms with E-state index in [9.17, 15) is 18.4 Å². The van der Waals surface area contributed by atoms with Crippen molar-refractivity contribution in [2.75, 3.05) is 5.32 Å². The average Bonchev–Trinajstić information content (AvgIpc) is 2.48. The predicted molar refractivity (Wildman–Crippen MR) is 94.9 cm³/mol. The Morgan fingerprint density at radius 1 is 1.40 bits per heavy atom. The highest BCUT2D eigenvalue weighted by molar-refractivity contribution is 7.99. The number of alkyl halides is 2. The summed E-state index contributed by atoms with van der Waals surface area (Å²) in [6.07, 6.45) is 0.122. The molecule has 2 aromatic rings. The SMILES string of the molecule is Cc1nc(SC(F)F)[nH]c(=O)c1CCC(=O)Nc1ccc(Cl)cc1Cl. The Labute approximate surface area is 156 Å². The van der Waals surface area contributed by atoms with E-state index in [2.05, 4.69) is 15.3 Å². The van der Waals surface area contributed by atoms with Crippen molar-refractivity contribution in [3.8, 4) is 0 Å². The van der Waals surface area contributed by atoms with Crippen molar-refractivity contribution in [3.05, 3.63) is 49.9 Å². The Morgan fingerprint density at radius 2 is 2.12 bits per heavy atom. The van der Waals surface area contributed by atoms with Crippen molar-refractivity contribution in [3.63, 3.8) is 0 Å². The molecule has 25 heavy (non-hydrogen) atoms. The number of anilines is 1. The third kappa shape index (κ3) is 5.69. The molecule has 0 aliphatic heterocycles. The lowest BCUT2D eigenvalue weighted by Crippen LogP contribution is -2.20. The van der Waals surface area contributed by atoms with Crippen molar-refractivity contribution >= 4 is 46.6 Å². The Kier molecular flexibility index (Phi) is 6.80. The molecule has 0 bridgehead atoms. The van der Waals surface area contributed by atoms with Gasteiger partial charge in [0.2, 0.25) is 5.91 Å². The van der Waals surface area contributed by atoms with Gasteiger partial charge in [0.15, 0.2) is 5.16 Å². The number of aryl methyl sites for hydroxylation is 1. The second kappa shape index (κ2) is 8.64. The number of thioether (sulfide) groups is 1. The van der Waals surface area contributed by atoms with E-state index in [1.54, 1.807) is 12.1 Å². The van der Waals surface area contributed by atoms with Crippen molar-refractivity contribution in [1.29, 1.82) is 0 Å². The first-order chi connectivity index (χ1) is 11.8. The van der Waals surface area contributed by atoms with Crippen LogP contribution in [0.2, 0.25) is 10.0 Å². The van der Waals surface area contributed by atoms with E-state index >= 15 is 0 Å². The number of aromatic nitrogens is 2. The largest absolute Gasteiger partial charge is 0.325 e. The first-order valence-electron chi connectivity index (χ1n) is 7.05. The van der Waals surface area contributed by atoms with Gasteiger partial charge in [-0.2, -0.15) is 8.78 Å². The molecule has 1 heterocycles. The number of halogens is 4. The number of nitrogens with one attached hydrogen (secondary N) is 2. The van der Waals surface area contributed by atoms with Gasteiger partial charge in [-0.25, -0.2) is 4.98 Å². The van der Waals surface area contributed by atoms with Crippen LogP contribution in [0.1, 0.15) is 17.7 Å². The lowest BCUT2D eigenvalue weighted by molar-refractivity contribution is -0.116. The summed E-state index contributed by atoms with van der Waals surface area (Å²) >= 11 is 11.9. The number of nitrogens with zero attached hydrogens (tertiary/aromatic N) is 1. The summed E-state index contributed by atoms with van der Waals surface area (Å²) < 4.78 is 24.7. The van der Waals surface area contributed by atoms with Gasteiger partial charge in [0.25, 0.3) is 11.3 Å². The second-order valence-electron chi connectivity index (χ2n) is 4.99. The Hall–Kier alpha value is -1.64. The number of rotatable bonds is 6. The zero-order chi connectivity index (χ0) is 18.6. The summed E-state index contributed by atoms with van der Waals surface area (Å²) in [7, 11) is 0. The molecule has 134 valence electrons. The maximum Gasteiger partial charge on any atom is 0.291 e. The lowest BCUT2D eigenvalue weighted by Gasteiger charge is -2.09. The van der Waals surface area contributed by atoms with E-state index in [-0.39, 0.29) is 41.2 Å². The molecular weight excluding hydrogens is 395 g/mol. The highest BCUT2D eigenvalue weighted by Gasteiger charge is 2.14. The molecule has 5 nitrogen and oxygen atoms in total. The highest BCUT2D eigenvalue weighted by Crippen LogP contribution is 2.25. The van der Waals surface area contributed by atoms with Crippen molar-refractivity contribution < 1.29 is 13.6 Å². The molecule has 0 atom stereocenters. The van der Waals surface area contributed by atoms with Crippen LogP contribution < -0.4 is 10.9 Å². The number of amides is 1. The van der Waals surface area contributed by atoms with E-state index in [1.807, 2.05) is 0 Å². The van der Waals surface area contributed by atoms with Gasteiger partial charge >= 0.3 is 0 Å².